The lowest BCUT2D eigenvalue weighted by molar-refractivity contribution is 0.809. The zero-order chi connectivity index (χ0) is 15.2. The summed E-state index contributed by atoms with van der Waals surface area (Å²) in [6.07, 6.45) is 7.30. The number of hydrogen-bond acceptors (Lipinski definition) is 4. The van der Waals surface area contributed by atoms with Crippen molar-refractivity contribution in [2.75, 3.05) is 0 Å². The molecule has 0 saturated carbocycles. The first-order valence-corrected chi connectivity index (χ1v) is 7.37. The Labute approximate surface area is 132 Å². The fraction of sp³-hybridized carbons (Fsp3) is 0.0588. The smallest absolute Gasteiger partial charge is 0.204 e. The van der Waals surface area contributed by atoms with Crippen molar-refractivity contribution in [3.8, 4) is 28.7 Å². The van der Waals surface area contributed by atoms with Gasteiger partial charge in [0.25, 0.3) is 0 Å². The van der Waals surface area contributed by atoms with Crippen LogP contribution in [0.3, 0.4) is 0 Å². The molecule has 6 nitrogen and oxygen atoms in total. The van der Waals surface area contributed by atoms with E-state index in [0.29, 0.717) is 0 Å². The molecule has 0 spiro atoms. The third-order valence-electron chi connectivity index (χ3n) is 4.09. The number of nitrogens with zero attached hydrogens (tertiary/aromatic N) is 6. The fourth-order valence-electron chi connectivity index (χ4n) is 3.03. The average molecular weight is 300 g/mol. The molecule has 0 radical (unpaired) electrons. The predicted octanol–water partition coefficient (Wildman–Crippen LogP) is 2.55. The second kappa shape index (κ2) is 4.61. The summed E-state index contributed by atoms with van der Waals surface area (Å²) in [5.74, 6) is 2.38. The van der Waals surface area contributed by atoms with Crippen molar-refractivity contribution in [2.24, 2.45) is 0 Å². The number of rotatable bonds is 1. The van der Waals surface area contributed by atoms with Gasteiger partial charge in [0, 0.05) is 30.4 Å². The lowest BCUT2D eigenvalue weighted by Crippen LogP contribution is -2.01. The molecule has 1 aliphatic rings. The Hall–Kier alpha value is -3.28. The molecule has 5 rings (SSSR count). The van der Waals surface area contributed by atoms with Gasteiger partial charge < -0.3 is 4.57 Å². The zero-order valence-corrected chi connectivity index (χ0v) is 12.2. The third-order valence-corrected chi connectivity index (χ3v) is 4.09. The summed E-state index contributed by atoms with van der Waals surface area (Å²) in [6.45, 7) is 0.769. The summed E-state index contributed by atoms with van der Waals surface area (Å²) < 4.78 is 4.18. The minimum absolute atomic E-state index is 0.756. The van der Waals surface area contributed by atoms with Gasteiger partial charge in [0.1, 0.15) is 0 Å². The SMILES string of the molecule is c1ccc2c(c1)Cn1ccnc1-c1nnc(-c3ccncc3)n1-2. The van der Waals surface area contributed by atoms with Gasteiger partial charge >= 0.3 is 0 Å². The molecule has 23 heavy (non-hydrogen) atoms. The highest BCUT2D eigenvalue weighted by atomic mass is 15.3. The molecule has 3 aromatic heterocycles. The number of aromatic nitrogens is 6. The summed E-state index contributed by atoms with van der Waals surface area (Å²) in [4.78, 5) is 8.56. The normalized spacial score (nSPS) is 12.2. The number of imidazole rings is 1. The molecule has 110 valence electrons. The first-order valence-electron chi connectivity index (χ1n) is 7.37. The second-order valence-electron chi connectivity index (χ2n) is 5.43. The van der Waals surface area contributed by atoms with Gasteiger partial charge in [-0.3, -0.25) is 9.55 Å². The van der Waals surface area contributed by atoms with E-state index in [0.717, 1.165) is 35.3 Å². The summed E-state index contributed by atoms with van der Waals surface area (Å²) in [5, 5.41) is 8.83. The standard InChI is InChI=1S/C17H12N6/c1-2-4-14-13(3-1)11-22-10-9-19-16(22)17-21-20-15(23(14)17)12-5-7-18-8-6-12/h1-10H,11H2. The molecular weight excluding hydrogens is 288 g/mol. The molecule has 0 saturated heterocycles. The van der Waals surface area contributed by atoms with Crippen LogP contribution in [0.2, 0.25) is 0 Å². The van der Waals surface area contributed by atoms with Gasteiger partial charge in [0.15, 0.2) is 11.6 Å². The Kier molecular flexibility index (Phi) is 2.46. The van der Waals surface area contributed by atoms with Gasteiger partial charge in [0.2, 0.25) is 5.82 Å². The molecule has 0 amide bonds. The van der Waals surface area contributed by atoms with Gasteiger partial charge in [-0.2, -0.15) is 0 Å². The molecule has 0 aliphatic carbocycles. The molecule has 1 aliphatic heterocycles. The maximum Gasteiger partial charge on any atom is 0.204 e. The monoisotopic (exact) mass is 300 g/mol. The van der Waals surface area contributed by atoms with Crippen LogP contribution in [0.4, 0.5) is 0 Å². The third kappa shape index (κ3) is 1.75. The summed E-state index contributed by atoms with van der Waals surface area (Å²) in [6, 6.07) is 12.2. The Morgan fingerprint density at radius 2 is 1.65 bits per heavy atom. The van der Waals surface area contributed by atoms with Crippen molar-refractivity contribution in [3.05, 3.63) is 66.7 Å². The summed E-state index contributed by atoms with van der Waals surface area (Å²) >= 11 is 0. The first-order chi connectivity index (χ1) is 11.4. The lowest BCUT2D eigenvalue weighted by Gasteiger charge is -2.11. The van der Waals surface area contributed by atoms with Crippen molar-refractivity contribution in [1.29, 1.82) is 0 Å². The van der Waals surface area contributed by atoms with Gasteiger partial charge in [-0.1, -0.05) is 18.2 Å². The van der Waals surface area contributed by atoms with E-state index in [1.807, 2.05) is 24.4 Å². The van der Waals surface area contributed by atoms with E-state index in [9.17, 15) is 0 Å². The van der Waals surface area contributed by atoms with Crippen LogP contribution in [0.25, 0.3) is 28.7 Å². The number of para-hydroxylation sites is 1. The predicted molar refractivity (Wildman–Crippen MR) is 84.9 cm³/mol. The Balaban J connectivity index is 1.87. The van der Waals surface area contributed by atoms with E-state index >= 15 is 0 Å². The minimum Gasteiger partial charge on any atom is -0.324 e. The van der Waals surface area contributed by atoms with Crippen LogP contribution in [0.5, 0.6) is 0 Å². The zero-order valence-electron chi connectivity index (χ0n) is 12.2. The van der Waals surface area contributed by atoms with E-state index in [1.54, 1.807) is 18.6 Å². The molecule has 4 aromatic rings. The van der Waals surface area contributed by atoms with Crippen LogP contribution in [0.15, 0.2) is 61.2 Å². The van der Waals surface area contributed by atoms with Crippen LogP contribution in [-0.2, 0) is 6.54 Å². The fourth-order valence-corrected chi connectivity index (χ4v) is 3.03. The van der Waals surface area contributed by atoms with E-state index in [4.69, 9.17) is 0 Å². The number of pyridine rings is 1. The number of benzene rings is 1. The summed E-state index contributed by atoms with van der Waals surface area (Å²) in [7, 11) is 0. The molecule has 0 N–H and O–H groups in total. The van der Waals surface area contributed by atoms with Crippen molar-refractivity contribution in [2.45, 2.75) is 6.54 Å². The molecule has 0 atom stereocenters. The molecule has 0 fully saturated rings. The highest BCUT2D eigenvalue weighted by Gasteiger charge is 2.24. The maximum atomic E-state index is 4.48. The van der Waals surface area contributed by atoms with E-state index in [1.165, 1.54) is 5.56 Å². The highest BCUT2D eigenvalue weighted by molar-refractivity contribution is 5.65. The van der Waals surface area contributed by atoms with Crippen molar-refractivity contribution >= 4 is 0 Å². The maximum absolute atomic E-state index is 4.48. The quantitative estimate of drug-likeness (QED) is 0.477. The van der Waals surface area contributed by atoms with Gasteiger partial charge in [0.05, 0.1) is 12.2 Å². The van der Waals surface area contributed by atoms with Crippen LogP contribution < -0.4 is 0 Å². The minimum atomic E-state index is 0.756. The molecule has 4 heterocycles. The molecule has 1 aromatic carbocycles. The molecule has 0 bridgehead atoms. The van der Waals surface area contributed by atoms with Gasteiger partial charge in [-0.05, 0) is 23.8 Å². The number of hydrogen-bond donors (Lipinski definition) is 0. The van der Waals surface area contributed by atoms with Gasteiger partial charge in [-0.25, -0.2) is 4.98 Å². The van der Waals surface area contributed by atoms with E-state index in [-0.39, 0.29) is 0 Å². The van der Waals surface area contributed by atoms with E-state index in [2.05, 4.69) is 47.5 Å². The summed E-state index contributed by atoms with van der Waals surface area (Å²) in [5.41, 5.74) is 3.28. The van der Waals surface area contributed by atoms with Crippen molar-refractivity contribution in [3.63, 3.8) is 0 Å². The molecule has 6 heteroatoms. The Bertz CT molecular complexity index is 999. The average Bonchev–Trinajstić information content (AvgIpc) is 3.20. The van der Waals surface area contributed by atoms with Crippen LogP contribution in [-0.4, -0.2) is 29.3 Å². The number of fused-ring (bicyclic) bond motifs is 5. The second-order valence-corrected chi connectivity index (χ2v) is 5.43. The Morgan fingerprint density at radius 3 is 2.57 bits per heavy atom. The van der Waals surface area contributed by atoms with Crippen molar-refractivity contribution in [1.82, 2.24) is 29.3 Å². The first kappa shape index (κ1) is 12.3. The molecule has 0 unspecified atom stereocenters. The lowest BCUT2D eigenvalue weighted by atomic mass is 10.1. The van der Waals surface area contributed by atoms with E-state index < -0.39 is 0 Å². The highest BCUT2D eigenvalue weighted by Crippen LogP contribution is 2.32. The van der Waals surface area contributed by atoms with Crippen LogP contribution in [0, 0.1) is 0 Å². The largest absolute Gasteiger partial charge is 0.324 e. The van der Waals surface area contributed by atoms with Crippen molar-refractivity contribution < 1.29 is 0 Å². The topological polar surface area (TPSA) is 61.4 Å². The Morgan fingerprint density at radius 1 is 0.826 bits per heavy atom. The van der Waals surface area contributed by atoms with Crippen LogP contribution >= 0.6 is 0 Å². The van der Waals surface area contributed by atoms with Crippen LogP contribution in [0.1, 0.15) is 5.56 Å². The molecular formula is C17H12N6. The van der Waals surface area contributed by atoms with Gasteiger partial charge in [-0.15, -0.1) is 10.2 Å².